The third-order valence-electron chi connectivity index (χ3n) is 1.86. The fraction of sp³-hybridized carbons (Fsp3) is 1.00. The fourth-order valence-electron chi connectivity index (χ4n) is 0.788. The van der Waals surface area contributed by atoms with Gasteiger partial charge in [0.2, 0.25) is 0 Å². The van der Waals surface area contributed by atoms with Gasteiger partial charge in [0.05, 0.1) is 0 Å². The topological polar surface area (TPSA) is 20.2 Å². The van der Waals surface area contributed by atoms with Crippen molar-refractivity contribution in [3.63, 3.8) is 0 Å². The maximum absolute atomic E-state index is 12.8. The van der Waals surface area contributed by atoms with Crippen molar-refractivity contribution in [1.82, 2.24) is 0 Å². The summed E-state index contributed by atoms with van der Waals surface area (Å²) in [6, 6.07) is 0. The summed E-state index contributed by atoms with van der Waals surface area (Å²) in [5, 5.41) is 5.88. The van der Waals surface area contributed by atoms with Crippen LogP contribution in [0.25, 0.3) is 0 Å². The zero-order valence-electron chi connectivity index (χ0n) is 8.70. The van der Waals surface area contributed by atoms with Gasteiger partial charge in [-0.15, -0.1) is 0 Å². The van der Waals surface area contributed by atoms with Crippen LogP contribution in [0.4, 0.5) is 30.7 Å². The second-order valence-electron chi connectivity index (χ2n) is 3.27. The summed E-state index contributed by atoms with van der Waals surface area (Å²) in [6.07, 6.45) is -5.40. The van der Waals surface area contributed by atoms with E-state index >= 15 is 0 Å². The Morgan fingerprint density at radius 3 is 1.88 bits per heavy atom. The first-order valence-corrected chi connectivity index (χ1v) is 6.80. The molecule has 1 atom stereocenters. The Kier molecular flexibility index (Phi) is 5.75. The van der Waals surface area contributed by atoms with E-state index in [4.69, 9.17) is 5.11 Å². The van der Waals surface area contributed by atoms with Crippen LogP contribution in [0.2, 0.25) is 5.32 Å². The number of rotatable bonds is 6. The van der Waals surface area contributed by atoms with Crippen LogP contribution in [-0.4, -0.2) is 43.1 Å². The summed E-state index contributed by atoms with van der Waals surface area (Å²) in [6.45, 7) is 1.70. The summed E-state index contributed by atoms with van der Waals surface area (Å²) in [4.78, 5) is 0. The van der Waals surface area contributed by atoms with Gasteiger partial charge in [0, 0.05) is 0 Å². The van der Waals surface area contributed by atoms with Gasteiger partial charge in [-0.2, -0.15) is 0 Å². The van der Waals surface area contributed by atoms with E-state index in [2.05, 4.69) is 0 Å². The predicted octanol–water partition coefficient (Wildman–Crippen LogP) is 3.06. The van der Waals surface area contributed by atoms with Crippen LogP contribution in [0, 0.1) is 0 Å². The van der Waals surface area contributed by atoms with Gasteiger partial charge < -0.3 is 0 Å². The second kappa shape index (κ2) is 5.75. The number of aliphatic hydroxyl groups excluding tert-OH is 1. The monoisotopic (exact) mass is 336 g/mol. The molecule has 0 fully saturated rings. The van der Waals surface area contributed by atoms with Crippen molar-refractivity contribution >= 4 is 15.0 Å². The Morgan fingerprint density at radius 2 is 1.53 bits per heavy atom. The molecule has 104 valence electrons. The second-order valence-corrected chi connectivity index (χ2v) is 5.76. The third kappa shape index (κ3) is 3.72. The Labute approximate surface area is 99.5 Å². The van der Waals surface area contributed by atoms with Gasteiger partial charge >= 0.3 is 98.9 Å². The normalized spacial score (nSPS) is 16.1. The van der Waals surface area contributed by atoms with Crippen molar-refractivity contribution in [3.8, 4) is 0 Å². The predicted molar refractivity (Wildman–Crippen MR) is 47.4 cm³/mol. The van der Waals surface area contributed by atoms with Crippen LogP contribution in [-0.2, 0) is 0 Å². The molecule has 17 heavy (non-hydrogen) atoms. The SMILES string of the molecule is CCCC[Se]C(O)C(F)(F)C(F)(F)C(F)(F)F. The fourth-order valence-corrected chi connectivity index (χ4v) is 2.96. The molecule has 0 aromatic rings. The molecular formula is C8H11F7OSe. The van der Waals surface area contributed by atoms with E-state index in [1.54, 1.807) is 6.92 Å². The average molecular weight is 335 g/mol. The van der Waals surface area contributed by atoms with Crippen LogP contribution in [0.5, 0.6) is 0 Å². The summed E-state index contributed by atoms with van der Waals surface area (Å²) in [7, 11) is 0. The zero-order valence-corrected chi connectivity index (χ0v) is 10.4. The molecule has 0 saturated heterocycles. The molecule has 0 amide bonds. The van der Waals surface area contributed by atoms with Crippen LogP contribution in [0.3, 0.4) is 0 Å². The van der Waals surface area contributed by atoms with Crippen molar-refractivity contribution < 1.29 is 35.8 Å². The number of unbranched alkanes of at least 4 members (excludes halogenated alkanes) is 1. The molecule has 9 heteroatoms. The van der Waals surface area contributed by atoms with Crippen LogP contribution >= 0.6 is 0 Å². The molecule has 0 aliphatic heterocycles. The molecule has 0 saturated carbocycles. The Morgan fingerprint density at radius 1 is 1.06 bits per heavy atom. The quantitative estimate of drug-likeness (QED) is 0.449. The Bertz CT molecular complexity index is 241. The molecule has 0 radical (unpaired) electrons. The number of halogens is 7. The standard InChI is InChI=1S/C8H11F7OSe/c1-2-3-4-17-5(16)6(9,10)7(11,12)8(13,14)15/h5,16H,2-4H2,1H3. The molecule has 0 heterocycles. The van der Waals surface area contributed by atoms with Gasteiger partial charge in [-0.25, -0.2) is 0 Å². The van der Waals surface area contributed by atoms with E-state index < -0.39 is 38.0 Å². The first kappa shape index (κ1) is 17.0. The van der Waals surface area contributed by atoms with Gasteiger partial charge in [-0.3, -0.25) is 0 Å². The molecule has 0 aliphatic rings. The summed E-state index contributed by atoms with van der Waals surface area (Å²) in [5.74, 6) is -11.7. The minimum atomic E-state index is -6.38. The molecule has 0 aromatic heterocycles. The zero-order chi connectivity index (χ0) is 13.9. The molecule has 1 nitrogen and oxygen atoms in total. The van der Waals surface area contributed by atoms with Crippen molar-refractivity contribution in [3.05, 3.63) is 0 Å². The van der Waals surface area contributed by atoms with Gasteiger partial charge in [0.15, 0.2) is 0 Å². The Balaban J connectivity index is 4.75. The summed E-state index contributed by atoms with van der Waals surface area (Å²) in [5.41, 5.74) is 0. The summed E-state index contributed by atoms with van der Waals surface area (Å²) < 4.78 is 85.7. The van der Waals surface area contributed by atoms with Gasteiger partial charge in [-0.05, 0) is 0 Å². The molecule has 1 unspecified atom stereocenters. The van der Waals surface area contributed by atoms with E-state index in [-0.39, 0.29) is 5.32 Å². The van der Waals surface area contributed by atoms with E-state index in [0.29, 0.717) is 12.8 Å². The van der Waals surface area contributed by atoms with Crippen LogP contribution in [0.1, 0.15) is 19.8 Å². The number of hydrogen-bond acceptors (Lipinski definition) is 1. The van der Waals surface area contributed by atoms with Gasteiger partial charge in [0.25, 0.3) is 0 Å². The molecule has 0 rings (SSSR count). The minimum absolute atomic E-state index is 0.0220. The van der Waals surface area contributed by atoms with Crippen LogP contribution < -0.4 is 0 Å². The van der Waals surface area contributed by atoms with Crippen LogP contribution in [0.15, 0.2) is 0 Å². The number of aliphatic hydroxyl groups is 1. The number of hydrogen-bond donors (Lipinski definition) is 1. The molecule has 0 aromatic carbocycles. The molecule has 0 bridgehead atoms. The molecule has 0 spiro atoms. The van der Waals surface area contributed by atoms with E-state index in [1.165, 1.54) is 0 Å². The van der Waals surface area contributed by atoms with Crippen molar-refractivity contribution in [2.45, 2.75) is 48.1 Å². The van der Waals surface area contributed by atoms with Gasteiger partial charge in [-0.1, -0.05) is 0 Å². The van der Waals surface area contributed by atoms with Crippen molar-refractivity contribution in [2.24, 2.45) is 0 Å². The summed E-state index contributed by atoms with van der Waals surface area (Å²) >= 11 is -1.38. The van der Waals surface area contributed by atoms with Crippen molar-refractivity contribution in [2.75, 3.05) is 0 Å². The van der Waals surface area contributed by atoms with E-state index in [1.807, 2.05) is 0 Å². The number of alkyl halides is 7. The average Bonchev–Trinajstić information content (AvgIpc) is 2.15. The molecular weight excluding hydrogens is 324 g/mol. The third-order valence-corrected chi connectivity index (χ3v) is 4.24. The van der Waals surface area contributed by atoms with E-state index in [0.717, 1.165) is 0 Å². The van der Waals surface area contributed by atoms with Gasteiger partial charge in [0.1, 0.15) is 0 Å². The first-order chi connectivity index (χ1) is 7.48. The molecule has 1 N–H and O–H groups in total. The Hall–Kier alpha value is -0.0105. The first-order valence-electron chi connectivity index (χ1n) is 4.60. The van der Waals surface area contributed by atoms with Crippen molar-refractivity contribution in [1.29, 1.82) is 0 Å². The van der Waals surface area contributed by atoms with E-state index in [9.17, 15) is 30.7 Å². The maximum atomic E-state index is 12.8. The molecule has 0 aliphatic carbocycles.